The van der Waals surface area contributed by atoms with Crippen LogP contribution in [0.2, 0.25) is 0 Å². The van der Waals surface area contributed by atoms with Crippen molar-refractivity contribution in [2.24, 2.45) is 0 Å². The van der Waals surface area contributed by atoms with Gasteiger partial charge in [-0.3, -0.25) is 9.59 Å². The summed E-state index contributed by atoms with van der Waals surface area (Å²) in [5, 5.41) is 4.40. The molecule has 0 radical (unpaired) electrons. The number of carbonyl (C=O) groups is 3. The maximum Gasteiger partial charge on any atom is 0.336 e. The zero-order valence-electron chi connectivity index (χ0n) is 11.2. The Morgan fingerprint density at radius 2 is 1.86 bits per heavy atom. The van der Waals surface area contributed by atoms with Crippen molar-refractivity contribution in [1.29, 1.82) is 0 Å². The maximum absolute atomic E-state index is 12.4. The fourth-order valence-corrected chi connectivity index (χ4v) is 2.40. The molecule has 2 aromatic carbocycles. The van der Waals surface area contributed by atoms with Crippen LogP contribution in [0.5, 0.6) is 0 Å². The van der Waals surface area contributed by atoms with Crippen LogP contribution >= 0.6 is 0 Å². The normalized spacial score (nSPS) is 18.4. The molecule has 21 heavy (non-hydrogen) atoms. The van der Waals surface area contributed by atoms with Gasteiger partial charge in [0.1, 0.15) is 6.04 Å². The molecule has 1 saturated heterocycles. The molecule has 5 nitrogen and oxygen atoms in total. The van der Waals surface area contributed by atoms with Crippen LogP contribution in [0.15, 0.2) is 42.5 Å². The topological polar surface area (TPSA) is 72.5 Å². The molecule has 1 fully saturated rings. The van der Waals surface area contributed by atoms with E-state index < -0.39 is 18.0 Å². The van der Waals surface area contributed by atoms with Crippen LogP contribution in [-0.4, -0.2) is 23.9 Å². The first kappa shape index (κ1) is 13.3. The lowest BCUT2D eigenvalue weighted by Crippen LogP contribution is -2.45. The Balaban J connectivity index is 1.84. The number of nitrogens with one attached hydrogen (secondary N) is 1. The Kier molecular flexibility index (Phi) is 3.39. The first-order chi connectivity index (χ1) is 10.1. The number of hydrogen-bond donors (Lipinski definition) is 1. The number of hydrogen-bond acceptors (Lipinski definition) is 4. The summed E-state index contributed by atoms with van der Waals surface area (Å²) in [7, 11) is 0. The summed E-state index contributed by atoms with van der Waals surface area (Å²) < 4.78 is 4.53. The molecule has 0 aromatic heterocycles. The molecule has 2 aromatic rings. The van der Waals surface area contributed by atoms with Crippen molar-refractivity contribution >= 4 is 28.6 Å². The van der Waals surface area contributed by atoms with Gasteiger partial charge in [-0.05, 0) is 23.3 Å². The van der Waals surface area contributed by atoms with E-state index in [1.165, 1.54) is 0 Å². The minimum atomic E-state index is -0.769. The second-order valence-corrected chi connectivity index (χ2v) is 4.88. The van der Waals surface area contributed by atoms with Gasteiger partial charge in [0, 0.05) is 12.0 Å². The number of amides is 1. The molecule has 0 unspecified atom stereocenters. The highest BCUT2D eigenvalue weighted by atomic mass is 16.6. The predicted octanol–water partition coefficient (Wildman–Crippen LogP) is 1.80. The highest BCUT2D eigenvalue weighted by Crippen LogP contribution is 2.19. The number of fused-ring (bicyclic) bond motifs is 1. The highest BCUT2D eigenvalue weighted by Gasteiger charge is 2.30. The number of carbonyl (C=O) groups excluding carboxylic acids is 3. The van der Waals surface area contributed by atoms with E-state index in [0.717, 1.165) is 10.8 Å². The average Bonchev–Trinajstić information content (AvgIpc) is 2.49. The molecule has 1 aliphatic heterocycles. The van der Waals surface area contributed by atoms with Gasteiger partial charge in [0.05, 0.1) is 0 Å². The molecule has 5 heteroatoms. The van der Waals surface area contributed by atoms with E-state index in [0.29, 0.717) is 5.56 Å². The van der Waals surface area contributed by atoms with Crippen molar-refractivity contribution in [1.82, 2.24) is 5.32 Å². The molecule has 1 heterocycles. The largest absolute Gasteiger partial charge is 0.392 e. The van der Waals surface area contributed by atoms with Crippen LogP contribution in [-0.2, 0) is 14.3 Å². The Morgan fingerprint density at radius 3 is 2.67 bits per heavy atom. The van der Waals surface area contributed by atoms with Gasteiger partial charge in [-0.25, -0.2) is 4.79 Å². The molecular formula is C16H13NO4. The quantitative estimate of drug-likeness (QED) is 0.674. The zero-order valence-corrected chi connectivity index (χ0v) is 11.2. The monoisotopic (exact) mass is 283 g/mol. The van der Waals surface area contributed by atoms with Gasteiger partial charge < -0.3 is 10.1 Å². The minimum Gasteiger partial charge on any atom is -0.392 e. The first-order valence-electron chi connectivity index (χ1n) is 6.68. The molecule has 0 bridgehead atoms. The predicted molar refractivity (Wildman–Crippen MR) is 75.5 cm³/mol. The molecule has 0 spiro atoms. The van der Waals surface area contributed by atoms with E-state index in [2.05, 4.69) is 10.1 Å². The Bertz CT molecular complexity index is 733. The molecule has 3 rings (SSSR count). The lowest BCUT2D eigenvalue weighted by atomic mass is 10.0. The standard InChI is InChI=1S/C16H13NO4/c18-14-9-8-13(16(20)21-14)17-15(19)12-7-3-5-10-4-1-2-6-11(10)12/h1-7,13H,8-9H2,(H,17,19)/t13-/m0/s1. The average molecular weight is 283 g/mol. The summed E-state index contributed by atoms with van der Waals surface area (Å²) in [4.78, 5) is 34.9. The number of benzene rings is 2. The summed E-state index contributed by atoms with van der Waals surface area (Å²) in [6.45, 7) is 0. The number of esters is 2. The van der Waals surface area contributed by atoms with Gasteiger partial charge in [-0.1, -0.05) is 36.4 Å². The molecular weight excluding hydrogens is 270 g/mol. The third-order valence-electron chi connectivity index (χ3n) is 3.48. The van der Waals surface area contributed by atoms with Gasteiger partial charge in [0.25, 0.3) is 5.91 Å². The summed E-state index contributed by atoms with van der Waals surface area (Å²) in [5.41, 5.74) is 0.498. The summed E-state index contributed by atoms with van der Waals surface area (Å²) in [6.07, 6.45) is 0.403. The number of rotatable bonds is 2. The minimum absolute atomic E-state index is 0.131. The lowest BCUT2D eigenvalue weighted by molar-refractivity contribution is -0.165. The molecule has 106 valence electrons. The van der Waals surface area contributed by atoms with Crippen LogP contribution in [0, 0.1) is 0 Å². The fourth-order valence-electron chi connectivity index (χ4n) is 2.40. The smallest absolute Gasteiger partial charge is 0.336 e. The van der Waals surface area contributed by atoms with E-state index in [1.807, 2.05) is 30.3 Å². The molecule has 1 N–H and O–H groups in total. The van der Waals surface area contributed by atoms with Crippen molar-refractivity contribution in [3.8, 4) is 0 Å². The maximum atomic E-state index is 12.4. The molecule has 1 aliphatic rings. The van der Waals surface area contributed by atoms with Gasteiger partial charge in [0.15, 0.2) is 0 Å². The summed E-state index contributed by atoms with van der Waals surface area (Å²) >= 11 is 0. The van der Waals surface area contributed by atoms with Gasteiger partial charge >= 0.3 is 11.9 Å². The first-order valence-corrected chi connectivity index (χ1v) is 6.68. The van der Waals surface area contributed by atoms with Gasteiger partial charge in [-0.15, -0.1) is 0 Å². The van der Waals surface area contributed by atoms with Crippen LogP contribution < -0.4 is 5.32 Å². The Morgan fingerprint density at radius 1 is 1.10 bits per heavy atom. The third kappa shape index (κ3) is 2.63. The SMILES string of the molecule is O=C1CC[C@H](NC(=O)c2cccc3ccccc23)C(=O)O1. The summed E-state index contributed by atoms with van der Waals surface area (Å²) in [5.74, 6) is -1.58. The van der Waals surface area contributed by atoms with Crippen LogP contribution in [0.3, 0.4) is 0 Å². The zero-order chi connectivity index (χ0) is 14.8. The van der Waals surface area contributed by atoms with E-state index in [1.54, 1.807) is 12.1 Å². The van der Waals surface area contributed by atoms with Crippen molar-refractivity contribution in [3.63, 3.8) is 0 Å². The lowest BCUT2D eigenvalue weighted by Gasteiger charge is -2.20. The van der Waals surface area contributed by atoms with Crippen molar-refractivity contribution in [3.05, 3.63) is 48.0 Å². The van der Waals surface area contributed by atoms with Gasteiger partial charge in [0.2, 0.25) is 0 Å². The van der Waals surface area contributed by atoms with Crippen molar-refractivity contribution < 1.29 is 19.1 Å². The van der Waals surface area contributed by atoms with E-state index in [-0.39, 0.29) is 18.7 Å². The highest BCUT2D eigenvalue weighted by molar-refractivity contribution is 6.08. The third-order valence-corrected chi connectivity index (χ3v) is 3.48. The number of ether oxygens (including phenoxy) is 1. The Labute approximate surface area is 120 Å². The van der Waals surface area contributed by atoms with Crippen molar-refractivity contribution in [2.75, 3.05) is 0 Å². The fraction of sp³-hybridized carbons (Fsp3) is 0.188. The second kappa shape index (κ2) is 5.36. The van der Waals surface area contributed by atoms with Crippen LogP contribution in [0.4, 0.5) is 0 Å². The summed E-state index contributed by atoms with van der Waals surface area (Å²) in [6, 6.07) is 12.2. The van der Waals surface area contributed by atoms with E-state index in [9.17, 15) is 14.4 Å². The van der Waals surface area contributed by atoms with Crippen molar-refractivity contribution in [2.45, 2.75) is 18.9 Å². The van der Waals surface area contributed by atoms with E-state index in [4.69, 9.17) is 0 Å². The Hall–Kier alpha value is -2.69. The second-order valence-electron chi connectivity index (χ2n) is 4.88. The molecule has 1 atom stereocenters. The molecule has 0 saturated carbocycles. The van der Waals surface area contributed by atoms with Crippen LogP contribution in [0.1, 0.15) is 23.2 Å². The van der Waals surface area contributed by atoms with Gasteiger partial charge in [-0.2, -0.15) is 0 Å². The molecule has 1 amide bonds. The number of cyclic esters (lactones) is 2. The van der Waals surface area contributed by atoms with E-state index >= 15 is 0 Å². The molecule has 0 aliphatic carbocycles. The van der Waals surface area contributed by atoms with Crippen LogP contribution in [0.25, 0.3) is 10.8 Å².